The zero-order valence-electron chi connectivity index (χ0n) is 6.39. The van der Waals surface area contributed by atoms with Gasteiger partial charge in [-0.05, 0) is 31.0 Å². The molecule has 12 heavy (non-hydrogen) atoms. The molecule has 0 amide bonds. The van der Waals surface area contributed by atoms with Crippen LogP contribution in [0, 0.1) is 0 Å². The fourth-order valence-electron chi connectivity index (χ4n) is 0.936. The van der Waals surface area contributed by atoms with Gasteiger partial charge in [0.2, 0.25) is 0 Å². The Morgan fingerprint density at radius 2 is 2.00 bits per heavy atom. The molecule has 0 atom stereocenters. The Kier molecular flexibility index (Phi) is 2.16. The van der Waals surface area contributed by atoms with Crippen LogP contribution in [0.4, 0.5) is 0 Å². The lowest BCUT2D eigenvalue weighted by molar-refractivity contribution is 0.303. The van der Waals surface area contributed by atoms with Crippen LogP contribution in [0.2, 0.25) is 10.0 Å². The summed E-state index contributed by atoms with van der Waals surface area (Å²) in [7, 11) is 0. The molecule has 0 saturated heterocycles. The predicted molar refractivity (Wildman–Crippen MR) is 50.1 cm³/mol. The zero-order chi connectivity index (χ0) is 8.55. The average molecular weight is 203 g/mol. The van der Waals surface area contributed by atoms with Crippen molar-refractivity contribution in [2.24, 2.45) is 0 Å². The molecule has 0 aliphatic heterocycles. The van der Waals surface area contributed by atoms with E-state index in [1.807, 2.05) is 6.07 Å². The van der Waals surface area contributed by atoms with Crippen LogP contribution in [0.5, 0.6) is 5.75 Å². The van der Waals surface area contributed by atoms with Crippen LogP contribution < -0.4 is 4.74 Å². The monoisotopic (exact) mass is 202 g/mol. The SMILES string of the molecule is Clc1ccc(OC2CC2)c(Cl)c1. The van der Waals surface area contributed by atoms with Gasteiger partial charge in [0.1, 0.15) is 5.75 Å². The van der Waals surface area contributed by atoms with Gasteiger partial charge in [0.15, 0.2) is 0 Å². The van der Waals surface area contributed by atoms with Gasteiger partial charge < -0.3 is 4.74 Å². The zero-order valence-corrected chi connectivity index (χ0v) is 7.90. The van der Waals surface area contributed by atoms with E-state index in [0.29, 0.717) is 16.1 Å². The van der Waals surface area contributed by atoms with E-state index in [2.05, 4.69) is 0 Å². The molecule has 1 aromatic carbocycles. The highest BCUT2D eigenvalue weighted by molar-refractivity contribution is 6.35. The van der Waals surface area contributed by atoms with E-state index in [1.165, 1.54) is 0 Å². The summed E-state index contributed by atoms with van der Waals surface area (Å²) in [5, 5.41) is 1.23. The smallest absolute Gasteiger partial charge is 0.138 e. The largest absolute Gasteiger partial charge is 0.489 e. The van der Waals surface area contributed by atoms with Crippen LogP contribution in [0.15, 0.2) is 18.2 Å². The number of hydrogen-bond donors (Lipinski definition) is 0. The quantitative estimate of drug-likeness (QED) is 0.714. The van der Waals surface area contributed by atoms with Crippen molar-refractivity contribution in [3.63, 3.8) is 0 Å². The maximum Gasteiger partial charge on any atom is 0.138 e. The first-order valence-electron chi connectivity index (χ1n) is 3.87. The van der Waals surface area contributed by atoms with Gasteiger partial charge in [-0.15, -0.1) is 0 Å². The highest BCUT2D eigenvalue weighted by Crippen LogP contribution is 2.33. The molecule has 0 spiro atoms. The lowest BCUT2D eigenvalue weighted by atomic mass is 10.3. The molecule has 0 radical (unpaired) electrons. The normalized spacial score (nSPS) is 16.2. The van der Waals surface area contributed by atoms with E-state index in [0.717, 1.165) is 18.6 Å². The van der Waals surface area contributed by atoms with Gasteiger partial charge in [-0.3, -0.25) is 0 Å². The van der Waals surface area contributed by atoms with Crippen LogP contribution in [0.3, 0.4) is 0 Å². The second-order valence-corrected chi connectivity index (χ2v) is 3.74. The Labute approximate surface area is 81.2 Å². The molecule has 3 heteroatoms. The Balaban J connectivity index is 2.18. The molecule has 0 aromatic heterocycles. The predicted octanol–water partition coefficient (Wildman–Crippen LogP) is 3.53. The first kappa shape index (κ1) is 8.21. The molecule has 1 fully saturated rings. The summed E-state index contributed by atoms with van der Waals surface area (Å²) in [6.45, 7) is 0. The van der Waals surface area contributed by atoms with Gasteiger partial charge in [-0.2, -0.15) is 0 Å². The van der Waals surface area contributed by atoms with Crippen molar-refractivity contribution in [2.75, 3.05) is 0 Å². The summed E-state index contributed by atoms with van der Waals surface area (Å²) in [6.07, 6.45) is 2.65. The van der Waals surface area contributed by atoms with Crippen molar-refractivity contribution in [3.05, 3.63) is 28.2 Å². The van der Waals surface area contributed by atoms with E-state index in [4.69, 9.17) is 27.9 Å². The molecule has 1 nitrogen and oxygen atoms in total. The van der Waals surface area contributed by atoms with E-state index in [-0.39, 0.29) is 0 Å². The second kappa shape index (κ2) is 3.15. The number of ether oxygens (including phenoxy) is 1. The molecule has 0 N–H and O–H groups in total. The summed E-state index contributed by atoms with van der Waals surface area (Å²) >= 11 is 11.6. The van der Waals surface area contributed by atoms with Crippen molar-refractivity contribution < 1.29 is 4.74 Å². The summed E-state index contributed by atoms with van der Waals surface area (Å²) < 4.78 is 5.52. The topological polar surface area (TPSA) is 9.23 Å². The van der Waals surface area contributed by atoms with E-state index >= 15 is 0 Å². The lowest BCUT2D eigenvalue weighted by Gasteiger charge is -2.05. The van der Waals surface area contributed by atoms with Gasteiger partial charge in [-0.1, -0.05) is 23.2 Å². The molecular formula is C9H8Cl2O. The summed E-state index contributed by atoms with van der Waals surface area (Å²) in [6, 6.07) is 5.29. The van der Waals surface area contributed by atoms with Gasteiger partial charge in [0.25, 0.3) is 0 Å². The molecule has 0 heterocycles. The Bertz CT molecular complexity index is 295. The Morgan fingerprint density at radius 3 is 2.58 bits per heavy atom. The van der Waals surface area contributed by atoms with Crippen LogP contribution in [0.1, 0.15) is 12.8 Å². The first-order chi connectivity index (χ1) is 5.75. The summed E-state index contributed by atoms with van der Waals surface area (Å²) in [5.41, 5.74) is 0. The van der Waals surface area contributed by atoms with Crippen molar-refractivity contribution in [3.8, 4) is 5.75 Å². The Morgan fingerprint density at radius 1 is 1.25 bits per heavy atom. The standard InChI is InChI=1S/C9H8Cl2O/c10-6-1-4-9(8(11)5-6)12-7-2-3-7/h1,4-5,7H,2-3H2. The minimum absolute atomic E-state index is 0.378. The number of hydrogen-bond acceptors (Lipinski definition) is 1. The van der Waals surface area contributed by atoms with Gasteiger partial charge in [0, 0.05) is 5.02 Å². The molecule has 64 valence electrons. The summed E-state index contributed by atoms with van der Waals surface area (Å²) in [4.78, 5) is 0. The van der Waals surface area contributed by atoms with E-state index in [1.54, 1.807) is 12.1 Å². The van der Waals surface area contributed by atoms with Crippen LogP contribution >= 0.6 is 23.2 Å². The highest BCUT2D eigenvalue weighted by Gasteiger charge is 2.24. The molecule has 1 aliphatic carbocycles. The molecular weight excluding hydrogens is 195 g/mol. The minimum atomic E-state index is 0.378. The maximum absolute atomic E-state index is 5.89. The van der Waals surface area contributed by atoms with Crippen molar-refractivity contribution in [1.29, 1.82) is 0 Å². The minimum Gasteiger partial charge on any atom is -0.489 e. The Hall–Kier alpha value is -0.400. The molecule has 2 rings (SSSR count). The third-order valence-electron chi connectivity index (χ3n) is 1.71. The first-order valence-corrected chi connectivity index (χ1v) is 4.63. The van der Waals surface area contributed by atoms with Crippen LogP contribution in [0.25, 0.3) is 0 Å². The average Bonchev–Trinajstić information content (AvgIpc) is 2.79. The number of benzene rings is 1. The highest BCUT2D eigenvalue weighted by atomic mass is 35.5. The van der Waals surface area contributed by atoms with E-state index < -0.39 is 0 Å². The maximum atomic E-state index is 5.89. The fourth-order valence-corrected chi connectivity index (χ4v) is 1.39. The third-order valence-corrected chi connectivity index (χ3v) is 2.24. The summed E-state index contributed by atoms with van der Waals surface area (Å²) in [5.74, 6) is 0.739. The molecule has 0 unspecified atom stereocenters. The van der Waals surface area contributed by atoms with Gasteiger partial charge in [0.05, 0.1) is 11.1 Å². The van der Waals surface area contributed by atoms with Crippen molar-refractivity contribution >= 4 is 23.2 Å². The van der Waals surface area contributed by atoms with Crippen molar-refractivity contribution in [1.82, 2.24) is 0 Å². The molecule has 1 saturated carbocycles. The lowest BCUT2D eigenvalue weighted by Crippen LogP contribution is -1.95. The number of rotatable bonds is 2. The second-order valence-electron chi connectivity index (χ2n) is 2.89. The van der Waals surface area contributed by atoms with Gasteiger partial charge >= 0.3 is 0 Å². The molecule has 1 aliphatic rings. The number of halogens is 2. The molecule has 0 bridgehead atoms. The molecule has 1 aromatic rings. The van der Waals surface area contributed by atoms with Crippen LogP contribution in [-0.2, 0) is 0 Å². The van der Waals surface area contributed by atoms with E-state index in [9.17, 15) is 0 Å². The van der Waals surface area contributed by atoms with Crippen LogP contribution in [-0.4, -0.2) is 6.10 Å². The van der Waals surface area contributed by atoms with Gasteiger partial charge in [-0.25, -0.2) is 0 Å². The third kappa shape index (κ3) is 1.85. The fraction of sp³-hybridized carbons (Fsp3) is 0.333. The van der Waals surface area contributed by atoms with Crippen molar-refractivity contribution in [2.45, 2.75) is 18.9 Å².